The van der Waals surface area contributed by atoms with E-state index in [0.29, 0.717) is 19.2 Å². The van der Waals surface area contributed by atoms with E-state index in [4.69, 9.17) is 4.74 Å². The van der Waals surface area contributed by atoms with Gasteiger partial charge in [-0.3, -0.25) is 9.69 Å². The van der Waals surface area contributed by atoms with Crippen LogP contribution < -0.4 is 10.6 Å². The first-order valence-electron chi connectivity index (χ1n) is 7.28. The van der Waals surface area contributed by atoms with E-state index >= 15 is 0 Å². The van der Waals surface area contributed by atoms with Crippen LogP contribution in [0.1, 0.15) is 33.1 Å². The van der Waals surface area contributed by atoms with Gasteiger partial charge in [-0.1, -0.05) is 0 Å². The predicted molar refractivity (Wildman–Crippen MR) is 77.2 cm³/mol. The van der Waals surface area contributed by atoms with Crippen molar-refractivity contribution in [3.05, 3.63) is 0 Å². The second-order valence-corrected chi connectivity index (χ2v) is 5.51. The Labute approximate surface area is 117 Å². The third kappa shape index (κ3) is 6.36. The predicted octanol–water partition coefficient (Wildman–Crippen LogP) is 0.600. The minimum Gasteiger partial charge on any atom is -0.385 e. The first-order chi connectivity index (χ1) is 9.06. The summed E-state index contributed by atoms with van der Waals surface area (Å²) in [5, 5.41) is 6.21. The minimum absolute atomic E-state index is 0.0670. The molecule has 1 amide bonds. The van der Waals surface area contributed by atoms with E-state index in [1.54, 1.807) is 7.11 Å². The fourth-order valence-corrected chi connectivity index (χ4v) is 2.01. The zero-order valence-corrected chi connectivity index (χ0v) is 12.7. The van der Waals surface area contributed by atoms with E-state index in [0.717, 1.165) is 19.0 Å². The molecule has 0 heterocycles. The molecule has 1 aliphatic carbocycles. The number of amides is 1. The van der Waals surface area contributed by atoms with Gasteiger partial charge in [0, 0.05) is 38.9 Å². The second-order valence-electron chi connectivity index (χ2n) is 5.51. The summed E-state index contributed by atoms with van der Waals surface area (Å²) in [5.41, 5.74) is 0. The number of hydrogen-bond donors (Lipinski definition) is 2. The molecular formula is C14H29N3O2. The van der Waals surface area contributed by atoms with E-state index in [-0.39, 0.29) is 11.9 Å². The van der Waals surface area contributed by atoms with E-state index in [2.05, 4.69) is 29.5 Å². The number of likely N-dealkylation sites (N-methyl/N-ethyl adjacent to an activating group) is 1. The van der Waals surface area contributed by atoms with Crippen LogP contribution in [0.5, 0.6) is 0 Å². The highest BCUT2D eigenvalue weighted by molar-refractivity contribution is 5.81. The van der Waals surface area contributed by atoms with Gasteiger partial charge in [-0.25, -0.2) is 0 Å². The van der Waals surface area contributed by atoms with Crippen molar-refractivity contribution in [1.29, 1.82) is 0 Å². The van der Waals surface area contributed by atoms with Crippen LogP contribution in [0.2, 0.25) is 0 Å². The molecule has 2 N–H and O–H groups in total. The third-order valence-electron chi connectivity index (χ3n) is 3.76. The van der Waals surface area contributed by atoms with Crippen molar-refractivity contribution < 1.29 is 9.53 Å². The molecule has 1 fully saturated rings. The summed E-state index contributed by atoms with van der Waals surface area (Å²) in [6.45, 7) is 6.32. The van der Waals surface area contributed by atoms with Crippen LogP contribution in [-0.4, -0.2) is 62.8 Å². The lowest BCUT2D eigenvalue weighted by Crippen LogP contribution is -2.47. The molecule has 0 radical (unpaired) electrons. The molecule has 1 aliphatic rings. The van der Waals surface area contributed by atoms with Crippen molar-refractivity contribution in [2.45, 2.75) is 51.2 Å². The molecule has 112 valence electrons. The maximum Gasteiger partial charge on any atom is 0.236 e. The van der Waals surface area contributed by atoms with Gasteiger partial charge in [0.25, 0.3) is 0 Å². The Hall–Kier alpha value is -0.650. The van der Waals surface area contributed by atoms with E-state index in [1.807, 2.05) is 6.92 Å². The van der Waals surface area contributed by atoms with Crippen molar-refractivity contribution in [1.82, 2.24) is 15.5 Å². The van der Waals surface area contributed by atoms with E-state index in [9.17, 15) is 4.79 Å². The van der Waals surface area contributed by atoms with Gasteiger partial charge in [-0.05, 0) is 40.2 Å². The molecule has 0 aliphatic heterocycles. The first kappa shape index (κ1) is 16.4. The molecule has 0 aromatic rings. The van der Waals surface area contributed by atoms with Gasteiger partial charge in [0.2, 0.25) is 5.91 Å². The largest absolute Gasteiger partial charge is 0.385 e. The third-order valence-corrected chi connectivity index (χ3v) is 3.76. The van der Waals surface area contributed by atoms with E-state index in [1.165, 1.54) is 12.8 Å². The summed E-state index contributed by atoms with van der Waals surface area (Å²) in [5.74, 6) is 0.0670. The standard InChI is InChI=1S/C14H29N3O2/c1-11(17(3)13-6-7-13)10-16-12(2)14(18)15-8-5-9-19-4/h11-13,16H,5-10H2,1-4H3,(H,15,18). The number of hydrogen-bond acceptors (Lipinski definition) is 4. The maximum atomic E-state index is 11.8. The quantitative estimate of drug-likeness (QED) is 0.571. The summed E-state index contributed by atoms with van der Waals surface area (Å²) >= 11 is 0. The maximum absolute atomic E-state index is 11.8. The Morgan fingerprint density at radius 1 is 1.42 bits per heavy atom. The summed E-state index contributed by atoms with van der Waals surface area (Å²) in [6.07, 6.45) is 3.49. The molecule has 5 nitrogen and oxygen atoms in total. The van der Waals surface area contributed by atoms with Crippen LogP contribution in [0.4, 0.5) is 0 Å². The summed E-state index contributed by atoms with van der Waals surface area (Å²) in [6, 6.07) is 1.09. The molecule has 0 aromatic heterocycles. The highest BCUT2D eigenvalue weighted by Gasteiger charge is 2.29. The number of carbonyl (C=O) groups is 1. The SMILES string of the molecule is COCCCNC(=O)C(C)NCC(C)N(C)C1CC1. The molecule has 1 rings (SSSR count). The Balaban J connectivity index is 2.11. The van der Waals surface area contributed by atoms with Gasteiger partial charge in [0.15, 0.2) is 0 Å². The zero-order chi connectivity index (χ0) is 14.3. The topological polar surface area (TPSA) is 53.6 Å². The molecule has 2 atom stereocenters. The molecular weight excluding hydrogens is 242 g/mol. The molecule has 19 heavy (non-hydrogen) atoms. The normalized spacial score (nSPS) is 18.4. The minimum atomic E-state index is -0.141. The highest BCUT2D eigenvalue weighted by Crippen LogP contribution is 2.26. The molecule has 0 spiro atoms. The lowest BCUT2D eigenvalue weighted by atomic mass is 10.2. The molecule has 2 unspecified atom stereocenters. The average molecular weight is 271 g/mol. The first-order valence-corrected chi connectivity index (χ1v) is 7.28. The summed E-state index contributed by atoms with van der Waals surface area (Å²) in [4.78, 5) is 14.2. The van der Waals surface area contributed by atoms with Crippen LogP contribution in [-0.2, 0) is 9.53 Å². The lowest BCUT2D eigenvalue weighted by molar-refractivity contribution is -0.122. The molecule has 1 saturated carbocycles. The van der Waals surface area contributed by atoms with Gasteiger partial charge in [-0.2, -0.15) is 0 Å². The second kappa shape index (κ2) is 8.51. The molecule has 0 saturated heterocycles. The van der Waals surface area contributed by atoms with Crippen LogP contribution in [0.15, 0.2) is 0 Å². The summed E-state index contributed by atoms with van der Waals surface area (Å²) < 4.78 is 4.95. The van der Waals surface area contributed by atoms with Crippen LogP contribution in [0, 0.1) is 0 Å². The fourth-order valence-electron chi connectivity index (χ4n) is 2.01. The van der Waals surface area contributed by atoms with Crippen LogP contribution >= 0.6 is 0 Å². The number of rotatable bonds is 10. The van der Waals surface area contributed by atoms with E-state index < -0.39 is 0 Å². The molecule has 0 bridgehead atoms. The Bertz CT molecular complexity index is 269. The molecule has 5 heteroatoms. The number of nitrogens with one attached hydrogen (secondary N) is 2. The number of nitrogens with zero attached hydrogens (tertiary/aromatic N) is 1. The van der Waals surface area contributed by atoms with Crippen molar-refractivity contribution in [2.24, 2.45) is 0 Å². The van der Waals surface area contributed by atoms with Crippen LogP contribution in [0.3, 0.4) is 0 Å². The monoisotopic (exact) mass is 271 g/mol. The number of carbonyl (C=O) groups excluding carboxylic acids is 1. The number of methoxy groups -OCH3 is 1. The van der Waals surface area contributed by atoms with Gasteiger partial charge in [-0.15, -0.1) is 0 Å². The molecule has 0 aromatic carbocycles. The van der Waals surface area contributed by atoms with Crippen molar-refractivity contribution >= 4 is 5.91 Å². The fraction of sp³-hybridized carbons (Fsp3) is 0.929. The van der Waals surface area contributed by atoms with Gasteiger partial charge < -0.3 is 15.4 Å². The lowest BCUT2D eigenvalue weighted by Gasteiger charge is -2.26. The van der Waals surface area contributed by atoms with Gasteiger partial charge in [0.1, 0.15) is 0 Å². The number of ether oxygens (including phenoxy) is 1. The van der Waals surface area contributed by atoms with Crippen molar-refractivity contribution in [3.63, 3.8) is 0 Å². The van der Waals surface area contributed by atoms with Crippen molar-refractivity contribution in [2.75, 3.05) is 33.9 Å². The Morgan fingerprint density at radius 3 is 2.68 bits per heavy atom. The summed E-state index contributed by atoms with van der Waals surface area (Å²) in [7, 11) is 3.84. The van der Waals surface area contributed by atoms with Crippen LogP contribution in [0.25, 0.3) is 0 Å². The Kier molecular flexibility index (Phi) is 7.34. The van der Waals surface area contributed by atoms with Gasteiger partial charge >= 0.3 is 0 Å². The smallest absolute Gasteiger partial charge is 0.236 e. The zero-order valence-electron chi connectivity index (χ0n) is 12.7. The van der Waals surface area contributed by atoms with Crippen molar-refractivity contribution in [3.8, 4) is 0 Å². The average Bonchev–Trinajstić information content (AvgIpc) is 3.23. The highest BCUT2D eigenvalue weighted by atomic mass is 16.5. The Morgan fingerprint density at radius 2 is 2.11 bits per heavy atom. The van der Waals surface area contributed by atoms with Gasteiger partial charge in [0.05, 0.1) is 6.04 Å².